The van der Waals surface area contributed by atoms with Gasteiger partial charge in [0.05, 0.1) is 12.5 Å². The zero-order valence-corrected chi connectivity index (χ0v) is 12.2. The molecule has 1 fully saturated rings. The van der Waals surface area contributed by atoms with Crippen molar-refractivity contribution in [2.45, 2.75) is 46.3 Å². The number of nitrogens with one attached hydrogen (secondary N) is 2. The van der Waals surface area contributed by atoms with Crippen LogP contribution in [0.2, 0.25) is 0 Å². The minimum Gasteiger partial charge on any atom is -0.481 e. The molecule has 110 valence electrons. The van der Waals surface area contributed by atoms with E-state index in [2.05, 4.69) is 38.3 Å². The normalized spacial score (nSPS) is 21.5. The third-order valence-electron chi connectivity index (χ3n) is 4.52. The molecular formula is C13H24N2O4. The van der Waals surface area contributed by atoms with Gasteiger partial charge in [-0.3, -0.25) is 4.79 Å². The van der Waals surface area contributed by atoms with Gasteiger partial charge in [-0.2, -0.15) is 0 Å². The quantitative estimate of drug-likeness (QED) is 0.678. The van der Waals surface area contributed by atoms with Crippen molar-refractivity contribution in [3.05, 3.63) is 0 Å². The maximum Gasteiger partial charge on any atom is 0.315 e. The minimum absolute atomic E-state index is 0.0755. The molecular weight excluding hydrogens is 248 g/mol. The zero-order valence-electron chi connectivity index (χ0n) is 12.2. The molecule has 1 atom stereocenters. The summed E-state index contributed by atoms with van der Waals surface area (Å²) in [6.07, 6.45) is -0.638. The average molecular weight is 272 g/mol. The van der Waals surface area contributed by atoms with E-state index in [1.54, 1.807) is 0 Å². The highest BCUT2D eigenvalue weighted by Crippen LogP contribution is 2.62. The first-order valence-electron chi connectivity index (χ1n) is 6.42. The van der Waals surface area contributed by atoms with E-state index in [0.717, 1.165) is 0 Å². The fourth-order valence-corrected chi connectivity index (χ4v) is 2.38. The molecule has 0 aliphatic heterocycles. The van der Waals surface area contributed by atoms with Crippen LogP contribution < -0.4 is 10.6 Å². The van der Waals surface area contributed by atoms with Gasteiger partial charge < -0.3 is 20.5 Å². The van der Waals surface area contributed by atoms with Crippen molar-refractivity contribution in [3.63, 3.8) is 0 Å². The molecule has 0 radical (unpaired) electrons. The number of hydrogen-bond donors (Lipinski definition) is 3. The van der Waals surface area contributed by atoms with E-state index in [1.165, 1.54) is 7.11 Å². The molecule has 2 amide bonds. The number of rotatable bonds is 6. The number of carboxylic acids is 1. The zero-order chi connectivity index (χ0) is 14.8. The molecule has 0 aromatic carbocycles. The van der Waals surface area contributed by atoms with Gasteiger partial charge in [-0.15, -0.1) is 0 Å². The lowest BCUT2D eigenvalue weighted by Crippen LogP contribution is -2.43. The number of methoxy groups -OCH3 is 1. The Morgan fingerprint density at radius 3 is 2.16 bits per heavy atom. The molecule has 0 spiro atoms. The molecule has 1 aliphatic carbocycles. The number of carbonyl (C=O) groups excluding carboxylic acids is 1. The molecule has 6 heteroatoms. The summed E-state index contributed by atoms with van der Waals surface area (Å²) in [5.74, 6) is -0.946. The van der Waals surface area contributed by atoms with Crippen LogP contribution in [0.15, 0.2) is 0 Å². The van der Waals surface area contributed by atoms with Gasteiger partial charge in [-0.1, -0.05) is 27.7 Å². The number of carboxylic acid groups (broad SMARTS) is 1. The van der Waals surface area contributed by atoms with Crippen LogP contribution in [0.4, 0.5) is 4.79 Å². The fraction of sp³-hybridized carbons (Fsp3) is 0.846. The van der Waals surface area contributed by atoms with Gasteiger partial charge in [-0.05, 0) is 10.8 Å². The van der Waals surface area contributed by atoms with Gasteiger partial charge in [0.2, 0.25) is 0 Å². The smallest absolute Gasteiger partial charge is 0.315 e. The van der Waals surface area contributed by atoms with Crippen molar-refractivity contribution < 1.29 is 19.4 Å². The molecule has 1 saturated carbocycles. The van der Waals surface area contributed by atoms with E-state index >= 15 is 0 Å². The highest BCUT2D eigenvalue weighted by molar-refractivity contribution is 5.75. The Labute approximate surface area is 113 Å². The first-order chi connectivity index (χ1) is 8.62. The molecule has 0 aromatic rings. The largest absolute Gasteiger partial charge is 0.481 e. The first-order valence-corrected chi connectivity index (χ1v) is 6.42. The Morgan fingerprint density at radius 1 is 1.26 bits per heavy atom. The Hall–Kier alpha value is -1.30. The SMILES string of the molecule is COC(CNC(=O)NC1C(C)(C)C1(C)C)CC(=O)O. The summed E-state index contributed by atoms with van der Waals surface area (Å²) in [5.41, 5.74) is 0.151. The lowest BCUT2D eigenvalue weighted by molar-refractivity contribution is -0.139. The predicted octanol–water partition coefficient (Wildman–Crippen LogP) is 1.21. The second-order valence-electron chi connectivity index (χ2n) is 6.19. The monoisotopic (exact) mass is 272 g/mol. The lowest BCUT2D eigenvalue weighted by Gasteiger charge is -2.15. The molecule has 1 aliphatic rings. The highest BCUT2D eigenvalue weighted by Gasteiger charge is 2.65. The van der Waals surface area contributed by atoms with Crippen molar-refractivity contribution in [3.8, 4) is 0 Å². The number of hydrogen-bond acceptors (Lipinski definition) is 3. The molecule has 6 nitrogen and oxygen atoms in total. The third-order valence-corrected chi connectivity index (χ3v) is 4.52. The number of urea groups is 1. The number of carbonyl (C=O) groups is 2. The van der Waals surface area contributed by atoms with Crippen LogP contribution in [-0.4, -0.2) is 42.9 Å². The van der Waals surface area contributed by atoms with E-state index in [4.69, 9.17) is 9.84 Å². The Balaban J connectivity index is 2.35. The fourth-order valence-electron chi connectivity index (χ4n) is 2.38. The van der Waals surface area contributed by atoms with Crippen molar-refractivity contribution in [1.82, 2.24) is 10.6 Å². The van der Waals surface area contributed by atoms with Gasteiger partial charge in [-0.25, -0.2) is 4.79 Å². The summed E-state index contributed by atoms with van der Waals surface area (Å²) in [7, 11) is 1.43. The lowest BCUT2D eigenvalue weighted by atomic mass is 10.0. The third kappa shape index (κ3) is 3.37. The van der Waals surface area contributed by atoms with Crippen LogP contribution in [-0.2, 0) is 9.53 Å². The van der Waals surface area contributed by atoms with E-state index in [9.17, 15) is 9.59 Å². The van der Waals surface area contributed by atoms with Gasteiger partial charge in [0.25, 0.3) is 0 Å². The van der Waals surface area contributed by atoms with Gasteiger partial charge in [0.1, 0.15) is 0 Å². The maximum atomic E-state index is 11.7. The van der Waals surface area contributed by atoms with E-state index < -0.39 is 12.1 Å². The molecule has 19 heavy (non-hydrogen) atoms. The van der Waals surface area contributed by atoms with Crippen LogP contribution in [0.25, 0.3) is 0 Å². The van der Waals surface area contributed by atoms with Gasteiger partial charge in [0.15, 0.2) is 0 Å². The Kier molecular flexibility index (Phi) is 4.45. The molecule has 3 N–H and O–H groups in total. The Bertz CT molecular complexity index is 352. The van der Waals surface area contributed by atoms with Crippen LogP contribution in [0.5, 0.6) is 0 Å². The molecule has 0 heterocycles. The summed E-state index contributed by atoms with van der Waals surface area (Å²) >= 11 is 0. The molecule has 0 saturated heterocycles. The van der Waals surface area contributed by atoms with Crippen LogP contribution in [0, 0.1) is 10.8 Å². The first kappa shape index (κ1) is 15.8. The van der Waals surface area contributed by atoms with Crippen molar-refractivity contribution in [1.29, 1.82) is 0 Å². The molecule has 0 aromatic heterocycles. The van der Waals surface area contributed by atoms with E-state index in [1.807, 2.05) is 0 Å². The second kappa shape index (κ2) is 5.36. The Morgan fingerprint density at radius 2 is 1.79 bits per heavy atom. The van der Waals surface area contributed by atoms with Crippen molar-refractivity contribution >= 4 is 12.0 Å². The standard InChI is InChI=1S/C13H24N2O4/c1-12(2)10(13(12,3)4)15-11(18)14-7-8(19-5)6-9(16)17/h8,10H,6-7H2,1-5H3,(H,16,17)(H2,14,15,18). The topological polar surface area (TPSA) is 87.7 Å². The van der Waals surface area contributed by atoms with Crippen LogP contribution in [0.1, 0.15) is 34.1 Å². The van der Waals surface area contributed by atoms with E-state index in [0.29, 0.717) is 0 Å². The number of ether oxygens (including phenoxy) is 1. The summed E-state index contributed by atoms with van der Waals surface area (Å²) in [6.45, 7) is 8.63. The summed E-state index contributed by atoms with van der Waals surface area (Å²) < 4.78 is 4.99. The molecule has 1 unspecified atom stereocenters. The maximum absolute atomic E-state index is 11.7. The summed E-state index contributed by atoms with van der Waals surface area (Å²) in [5, 5.41) is 14.2. The minimum atomic E-state index is -0.946. The average Bonchev–Trinajstić information content (AvgIpc) is 2.66. The van der Waals surface area contributed by atoms with Crippen molar-refractivity contribution in [2.75, 3.05) is 13.7 Å². The number of amides is 2. The summed E-state index contributed by atoms with van der Waals surface area (Å²) in [4.78, 5) is 22.3. The van der Waals surface area contributed by atoms with E-state index in [-0.39, 0.29) is 35.9 Å². The predicted molar refractivity (Wildman–Crippen MR) is 70.9 cm³/mol. The second-order valence-corrected chi connectivity index (χ2v) is 6.19. The molecule has 0 bridgehead atoms. The summed E-state index contributed by atoms with van der Waals surface area (Å²) in [6, 6.07) is -0.156. The van der Waals surface area contributed by atoms with Crippen molar-refractivity contribution in [2.24, 2.45) is 10.8 Å². The van der Waals surface area contributed by atoms with Crippen LogP contribution in [0.3, 0.4) is 0 Å². The van der Waals surface area contributed by atoms with Gasteiger partial charge >= 0.3 is 12.0 Å². The van der Waals surface area contributed by atoms with Gasteiger partial charge in [0, 0.05) is 19.7 Å². The highest BCUT2D eigenvalue weighted by atomic mass is 16.5. The van der Waals surface area contributed by atoms with Crippen LogP contribution >= 0.6 is 0 Å². The number of aliphatic carboxylic acids is 1. The molecule has 1 rings (SSSR count).